The Kier molecular flexibility index (Phi) is 9.88. The average Bonchev–Trinajstić information content (AvgIpc) is 3.75. The predicted octanol–water partition coefficient (Wildman–Crippen LogP) is 6.84. The number of aryl methyl sites for hydroxylation is 3. The molecule has 2 heterocycles. The molecule has 2 aromatic heterocycles. The van der Waals surface area contributed by atoms with Crippen LogP contribution in [-0.4, -0.2) is 43.5 Å². The highest BCUT2D eigenvalue weighted by Gasteiger charge is 2.41. The molecule has 2 aliphatic carbocycles. The van der Waals surface area contributed by atoms with E-state index in [0.717, 1.165) is 22.3 Å². The van der Waals surface area contributed by atoms with E-state index in [9.17, 15) is 38.8 Å². The minimum atomic E-state index is -4.61. The summed E-state index contributed by atoms with van der Waals surface area (Å²) in [6.45, 7) is 1.99. The minimum Gasteiger partial charge on any atom is -0.497 e. The molecule has 0 spiro atoms. The molecule has 0 fully saturated rings. The lowest BCUT2D eigenvalue weighted by Crippen LogP contribution is -2.12. The van der Waals surface area contributed by atoms with Gasteiger partial charge in [0.15, 0.2) is 5.69 Å². The van der Waals surface area contributed by atoms with Crippen molar-refractivity contribution in [2.24, 2.45) is 10.3 Å². The minimum absolute atomic E-state index is 0.0441. The van der Waals surface area contributed by atoms with Crippen LogP contribution in [0.15, 0.2) is 94.7 Å². The molecular formula is C38H33F5N6O5S2. The summed E-state index contributed by atoms with van der Waals surface area (Å²) in [6, 6.07) is 22.1. The van der Waals surface area contributed by atoms with Crippen molar-refractivity contribution in [3.05, 3.63) is 124 Å². The molecule has 0 aliphatic heterocycles. The maximum absolute atomic E-state index is 13.6. The monoisotopic (exact) mass is 812 g/mol. The lowest BCUT2D eigenvalue weighted by molar-refractivity contribution is -0.142. The summed E-state index contributed by atoms with van der Waals surface area (Å²) < 4.78 is 122. The quantitative estimate of drug-likeness (QED) is 0.174. The summed E-state index contributed by atoms with van der Waals surface area (Å²) in [5.41, 5.74) is 5.81. The van der Waals surface area contributed by atoms with Gasteiger partial charge >= 0.3 is 6.18 Å². The zero-order valence-electron chi connectivity index (χ0n) is 29.7. The van der Waals surface area contributed by atoms with Crippen molar-refractivity contribution in [3.63, 3.8) is 0 Å². The van der Waals surface area contributed by atoms with Crippen LogP contribution < -0.4 is 15.0 Å². The Labute approximate surface area is 318 Å². The lowest BCUT2D eigenvalue weighted by Gasteiger charge is -2.20. The van der Waals surface area contributed by atoms with Gasteiger partial charge in [0.25, 0.3) is 6.43 Å². The Hall–Kier alpha value is -5.43. The molecular weight excluding hydrogens is 780 g/mol. The Bertz CT molecular complexity index is 2710. The Morgan fingerprint density at radius 3 is 1.66 bits per heavy atom. The van der Waals surface area contributed by atoms with E-state index >= 15 is 0 Å². The molecule has 2 aliphatic rings. The van der Waals surface area contributed by atoms with Gasteiger partial charge in [-0.15, -0.1) is 0 Å². The molecule has 56 heavy (non-hydrogen) atoms. The summed E-state index contributed by atoms with van der Waals surface area (Å²) >= 11 is 0. The van der Waals surface area contributed by atoms with Gasteiger partial charge in [-0.1, -0.05) is 23.8 Å². The first-order valence-electron chi connectivity index (χ1n) is 17.0. The number of benzene rings is 4. The molecule has 11 nitrogen and oxygen atoms in total. The van der Waals surface area contributed by atoms with Crippen LogP contribution >= 0.6 is 0 Å². The van der Waals surface area contributed by atoms with Gasteiger partial charge in [-0.2, -0.15) is 23.4 Å². The molecule has 8 rings (SSSR count). The fourth-order valence-corrected chi connectivity index (χ4v) is 8.13. The predicted molar refractivity (Wildman–Crippen MR) is 197 cm³/mol. The number of primary sulfonamides is 2. The standard InChI is InChI=1S/C19H16F3N3O3S.C19H17F2N3O2S/c1-28-13-5-9-15-11(10-13)2-8-16-17(15)25(24-18(16)19(20,21)22)12-3-6-14(7-4-12)29(23,26)27;1-11-2-8-15-12(10-11)3-9-16-17(19(20)21)23-24(18(15)16)13-4-6-14(7-5-13)27(22,25)26/h3-7,9-10H,2,8H2,1H3,(H2,23,26,27);2,4-8,10,19H,3,9H2,1H3,(H2,22,25,26). The van der Waals surface area contributed by atoms with E-state index in [1.165, 1.54) is 65.0 Å². The molecule has 0 bridgehead atoms. The maximum Gasteiger partial charge on any atom is 0.435 e. The van der Waals surface area contributed by atoms with Crippen LogP contribution in [0.3, 0.4) is 0 Å². The van der Waals surface area contributed by atoms with Crippen LogP contribution in [0.4, 0.5) is 22.0 Å². The number of rotatable bonds is 6. The van der Waals surface area contributed by atoms with Crippen molar-refractivity contribution in [2.45, 2.75) is 55.0 Å². The number of aromatic nitrogens is 4. The molecule has 0 saturated carbocycles. The summed E-state index contributed by atoms with van der Waals surface area (Å²) in [5, 5.41) is 18.2. The van der Waals surface area contributed by atoms with Crippen LogP contribution in [0.2, 0.25) is 0 Å². The zero-order valence-corrected chi connectivity index (χ0v) is 31.3. The number of methoxy groups -OCH3 is 1. The second kappa shape index (κ2) is 14.3. The Balaban J connectivity index is 0.000000172. The van der Waals surface area contributed by atoms with Gasteiger partial charge in [0.2, 0.25) is 20.0 Å². The van der Waals surface area contributed by atoms with E-state index in [2.05, 4.69) is 16.3 Å². The first-order valence-corrected chi connectivity index (χ1v) is 20.1. The summed E-state index contributed by atoms with van der Waals surface area (Å²) in [6.07, 6.45) is -5.52. The zero-order chi connectivity index (χ0) is 40.3. The average molecular weight is 813 g/mol. The second-order valence-corrected chi connectivity index (χ2v) is 16.4. The van der Waals surface area contributed by atoms with Gasteiger partial charge in [-0.05, 0) is 110 Å². The molecule has 4 aromatic carbocycles. The second-order valence-electron chi connectivity index (χ2n) is 13.3. The molecule has 4 N–H and O–H groups in total. The highest BCUT2D eigenvalue weighted by atomic mass is 32.2. The van der Waals surface area contributed by atoms with Crippen molar-refractivity contribution in [1.82, 2.24) is 19.6 Å². The number of alkyl halides is 5. The van der Waals surface area contributed by atoms with Gasteiger partial charge in [0.05, 0.1) is 39.7 Å². The van der Waals surface area contributed by atoms with Crippen LogP contribution in [0, 0.1) is 6.92 Å². The maximum atomic E-state index is 13.6. The number of ether oxygens (including phenoxy) is 1. The summed E-state index contributed by atoms with van der Waals surface area (Å²) in [5.74, 6) is 0.617. The largest absolute Gasteiger partial charge is 0.497 e. The van der Waals surface area contributed by atoms with Gasteiger partial charge < -0.3 is 4.74 Å². The van der Waals surface area contributed by atoms with Crippen molar-refractivity contribution in [3.8, 4) is 39.6 Å². The first kappa shape index (κ1) is 38.8. The van der Waals surface area contributed by atoms with Gasteiger partial charge in [-0.25, -0.2) is 45.3 Å². The van der Waals surface area contributed by atoms with E-state index in [-0.39, 0.29) is 27.5 Å². The third kappa shape index (κ3) is 7.32. The third-order valence-corrected chi connectivity index (χ3v) is 11.5. The van der Waals surface area contributed by atoms with E-state index in [1.807, 2.05) is 19.1 Å². The molecule has 6 aromatic rings. The SMILES string of the molecule is COc1ccc2c(c1)CCc1c(C(F)(F)F)nn(-c3ccc(S(N)(=O)=O)cc3)c1-2.Cc1ccc2c(c1)CCc1c(C(F)F)nn(-c3ccc(S(N)(=O)=O)cc3)c1-2. The summed E-state index contributed by atoms with van der Waals surface area (Å²) in [4.78, 5) is -0.180. The van der Waals surface area contributed by atoms with E-state index in [0.29, 0.717) is 58.9 Å². The normalized spacial score (nSPS) is 13.6. The van der Waals surface area contributed by atoms with Crippen LogP contribution in [0.1, 0.15) is 45.6 Å². The van der Waals surface area contributed by atoms with Gasteiger partial charge in [0.1, 0.15) is 11.4 Å². The molecule has 0 unspecified atom stereocenters. The number of sulfonamides is 2. The summed E-state index contributed by atoms with van der Waals surface area (Å²) in [7, 11) is -6.22. The number of nitrogens with zero attached hydrogens (tertiary/aromatic N) is 4. The topological polar surface area (TPSA) is 165 Å². The van der Waals surface area contributed by atoms with Crippen molar-refractivity contribution in [2.75, 3.05) is 7.11 Å². The molecule has 0 radical (unpaired) electrons. The lowest BCUT2D eigenvalue weighted by atomic mass is 9.88. The molecule has 0 saturated heterocycles. The van der Waals surface area contributed by atoms with E-state index in [4.69, 9.17) is 15.0 Å². The number of fused-ring (bicyclic) bond motifs is 6. The van der Waals surface area contributed by atoms with Crippen molar-refractivity contribution in [1.29, 1.82) is 0 Å². The first-order chi connectivity index (χ1) is 26.3. The van der Waals surface area contributed by atoms with Gasteiger partial charge in [-0.3, -0.25) is 0 Å². The number of halogens is 5. The molecule has 18 heteroatoms. The smallest absolute Gasteiger partial charge is 0.435 e. The van der Waals surface area contributed by atoms with E-state index in [1.54, 1.807) is 18.2 Å². The highest BCUT2D eigenvalue weighted by molar-refractivity contribution is 7.89. The van der Waals surface area contributed by atoms with Crippen LogP contribution in [0.5, 0.6) is 5.75 Å². The van der Waals surface area contributed by atoms with Crippen molar-refractivity contribution < 1.29 is 43.5 Å². The van der Waals surface area contributed by atoms with Crippen molar-refractivity contribution >= 4 is 20.0 Å². The fourth-order valence-electron chi connectivity index (χ4n) is 7.10. The van der Waals surface area contributed by atoms with Gasteiger partial charge in [0, 0.05) is 22.3 Å². The Morgan fingerprint density at radius 2 is 1.16 bits per heavy atom. The molecule has 0 atom stereocenters. The highest BCUT2D eigenvalue weighted by Crippen LogP contribution is 2.43. The van der Waals surface area contributed by atoms with Crippen LogP contribution in [0.25, 0.3) is 33.9 Å². The molecule has 292 valence electrons. The Morgan fingerprint density at radius 1 is 0.679 bits per heavy atom. The molecule has 0 amide bonds. The third-order valence-electron chi connectivity index (χ3n) is 9.66. The number of nitrogens with two attached hydrogens (primary N) is 2. The number of hydrogen-bond acceptors (Lipinski definition) is 7. The fraction of sp³-hybridized carbons (Fsp3) is 0.211. The van der Waals surface area contributed by atoms with E-state index < -0.39 is 38.3 Å². The van der Waals surface area contributed by atoms with Crippen LogP contribution in [-0.2, 0) is 51.9 Å². The number of hydrogen-bond donors (Lipinski definition) is 2.